The molecule has 0 heterocycles. The highest BCUT2D eigenvalue weighted by Gasteiger charge is 2.54. The molecule has 4 aliphatic rings. The largest absolute Gasteiger partial charge is 0.355 e. The third kappa shape index (κ3) is 1.84. The highest BCUT2D eigenvalue weighted by molar-refractivity contribution is 5.83. The van der Waals surface area contributed by atoms with Gasteiger partial charge in [-0.25, -0.2) is 0 Å². The van der Waals surface area contributed by atoms with Gasteiger partial charge in [-0.15, -0.1) is 0 Å². The van der Waals surface area contributed by atoms with Crippen LogP contribution in [0.1, 0.15) is 44.9 Å². The van der Waals surface area contributed by atoms with Crippen molar-refractivity contribution < 1.29 is 4.79 Å². The molecule has 0 spiro atoms. The summed E-state index contributed by atoms with van der Waals surface area (Å²) in [5, 5.41) is 11.5. The fourth-order valence-electron chi connectivity index (χ4n) is 4.81. The van der Waals surface area contributed by atoms with Crippen molar-refractivity contribution in [2.75, 3.05) is 6.54 Å². The van der Waals surface area contributed by atoms with E-state index in [1.54, 1.807) is 0 Å². The van der Waals surface area contributed by atoms with Crippen LogP contribution in [0.2, 0.25) is 0 Å². The Hall–Kier alpha value is -1.04. The topological polar surface area (TPSA) is 52.9 Å². The van der Waals surface area contributed by atoms with Crippen molar-refractivity contribution in [1.29, 1.82) is 5.26 Å². The van der Waals surface area contributed by atoms with Crippen LogP contribution in [0.5, 0.6) is 0 Å². The maximum Gasteiger partial charge on any atom is 0.226 e. The van der Waals surface area contributed by atoms with Crippen LogP contribution in [-0.4, -0.2) is 12.5 Å². The summed E-state index contributed by atoms with van der Waals surface area (Å²) in [6.07, 6.45) is 7.85. The molecule has 3 heteroatoms. The van der Waals surface area contributed by atoms with Crippen molar-refractivity contribution in [3.8, 4) is 6.07 Å². The van der Waals surface area contributed by atoms with Gasteiger partial charge in [0.25, 0.3) is 0 Å². The number of nitrogens with one attached hydrogen (secondary N) is 1. The molecule has 0 aromatic carbocycles. The molecular formula is C14H20N2O. The summed E-state index contributed by atoms with van der Waals surface area (Å²) in [6.45, 7) is 0.525. The van der Waals surface area contributed by atoms with Gasteiger partial charge in [-0.3, -0.25) is 4.79 Å². The first-order valence-corrected chi connectivity index (χ1v) is 6.87. The second kappa shape index (κ2) is 4.01. The van der Waals surface area contributed by atoms with E-state index in [4.69, 9.17) is 5.26 Å². The van der Waals surface area contributed by atoms with Crippen LogP contribution in [0, 0.1) is 34.5 Å². The average molecular weight is 232 g/mol. The summed E-state index contributed by atoms with van der Waals surface area (Å²) in [4.78, 5) is 12.4. The smallest absolute Gasteiger partial charge is 0.226 e. The van der Waals surface area contributed by atoms with Crippen LogP contribution in [0.3, 0.4) is 0 Å². The van der Waals surface area contributed by atoms with Crippen LogP contribution in [0.25, 0.3) is 0 Å². The van der Waals surface area contributed by atoms with Gasteiger partial charge < -0.3 is 5.32 Å². The Kier molecular flexibility index (Phi) is 2.61. The van der Waals surface area contributed by atoms with E-state index < -0.39 is 0 Å². The van der Waals surface area contributed by atoms with Gasteiger partial charge in [0.1, 0.15) is 0 Å². The van der Waals surface area contributed by atoms with Crippen LogP contribution in [-0.2, 0) is 4.79 Å². The molecule has 0 unspecified atom stereocenters. The normalized spacial score (nSPS) is 42.2. The minimum Gasteiger partial charge on any atom is -0.355 e. The first-order chi connectivity index (χ1) is 8.22. The third-order valence-corrected chi connectivity index (χ3v) is 5.04. The minimum atomic E-state index is -0.0514. The van der Waals surface area contributed by atoms with E-state index in [2.05, 4.69) is 11.4 Å². The molecular weight excluding hydrogens is 212 g/mol. The summed E-state index contributed by atoms with van der Waals surface area (Å²) in [5.74, 6) is 2.67. The van der Waals surface area contributed by atoms with Crippen LogP contribution >= 0.6 is 0 Å². The molecule has 0 atom stereocenters. The number of carbonyl (C=O) groups excluding carboxylic acids is 1. The lowest BCUT2D eigenvalue weighted by Gasteiger charge is -2.55. The first-order valence-electron chi connectivity index (χ1n) is 6.87. The van der Waals surface area contributed by atoms with E-state index in [9.17, 15) is 4.79 Å². The molecule has 0 aromatic heterocycles. The van der Waals surface area contributed by atoms with Crippen molar-refractivity contribution in [2.45, 2.75) is 44.9 Å². The number of amides is 1. The molecule has 4 saturated carbocycles. The fourth-order valence-corrected chi connectivity index (χ4v) is 4.81. The van der Waals surface area contributed by atoms with Gasteiger partial charge >= 0.3 is 0 Å². The summed E-state index contributed by atoms with van der Waals surface area (Å²) in [7, 11) is 0. The highest BCUT2D eigenvalue weighted by atomic mass is 16.2. The molecule has 92 valence electrons. The third-order valence-electron chi connectivity index (χ3n) is 5.04. The van der Waals surface area contributed by atoms with Crippen molar-refractivity contribution in [1.82, 2.24) is 5.32 Å². The molecule has 4 bridgehead atoms. The van der Waals surface area contributed by atoms with Crippen LogP contribution in [0.15, 0.2) is 0 Å². The minimum absolute atomic E-state index is 0.0514. The van der Waals surface area contributed by atoms with Crippen molar-refractivity contribution in [3.05, 3.63) is 0 Å². The van der Waals surface area contributed by atoms with Gasteiger partial charge in [-0.05, 0) is 56.3 Å². The lowest BCUT2D eigenvalue weighted by Crippen LogP contribution is -2.53. The lowest BCUT2D eigenvalue weighted by molar-refractivity contribution is -0.146. The van der Waals surface area contributed by atoms with Crippen molar-refractivity contribution in [2.24, 2.45) is 23.2 Å². The molecule has 17 heavy (non-hydrogen) atoms. The van der Waals surface area contributed by atoms with E-state index in [1.165, 1.54) is 19.3 Å². The summed E-state index contributed by atoms with van der Waals surface area (Å²) >= 11 is 0. The zero-order valence-electron chi connectivity index (χ0n) is 10.2. The molecule has 1 amide bonds. The predicted molar refractivity (Wildman–Crippen MR) is 63.8 cm³/mol. The summed E-state index contributed by atoms with van der Waals surface area (Å²) in [6, 6.07) is 2.08. The maximum atomic E-state index is 12.4. The van der Waals surface area contributed by atoms with Gasteiger partial charge in [0.05, 0.1) is 12.5 Å². The Morgan fingerprint density at radius 1 is 1.18 bits per heavy atom. The van der Waals surface area contributed by atoms with E-state index in [1.807, 2.05) is 0 Å². The molecule has 1 N–H and O–H groups in total. The SMILES string of the molecule is N#CCCNC(=O)C12CC3CC(CC(C3)C1)C2. The van der Waals surface area contributed by atoms with E-state index >= 15 is 0 Å². The second-order valence-corrected chi connectivity index (χ2v) is 6.36. The molecule has 0 saturated heterocycles. The quantitative estimate of drug-likeness (QED) is 0.759. The molecule has 0 radical (unpaired) electrons. The fraction of sp³-hybridized carbons (Fsp3) is 0.857. The van der Waals surface area contributed by atoms with Gasteiger partial charge in [-0.2, -0.15) is 5.26 Å². The molecule has 4 fully saturated rings. The highest BCUT2D eigenvalue weighted by Crippen LogP contribution is 2.60. The number of hydrogen-bond donors (Lipinski definition) is 1. The van der Waals surface area contributed by atoms with Crippen LogP contribution < -0.4 is 5.32 Å². The zero-order valence-corrected chi connectivity index (χ0v) is 10.2. The Labute approximate surface area is 103 Å². The van der Waals surface area contributed by atoms with E-state index in [-0.39, 0.29) is 11.3 Å². The van der Waals surface area contributed by atoms with E-state index in [0.29, 0.717) is 13.0 Å². The maximum absolute atomic E-state index is 12.4. The monoisotopic (exact) mass is 232 g/mol. The Balaban J connectivity index is 1.69. The Morgan fingerprint density at radius 2 is 1.71 bits per heavy atom. The summed E-state index contributed by atoms with van der Waals surface area (Å²) in [5.41, 5.74) is -0.0514. The zero-order chi connectivity index (χ0) is 11.9. The number of carbonyl (C=O) groups is 1. The molecule has 3 nitrogen and oxygen atoms in total. The lowest BCUT2D eigenvalue weighted by atomic mass is 9.49. The number of nitriles is 1. The van der Waals surface area contributed by atoms with E-state index in [0.717, 1.165) is 37.0 Å². The van der Waals surface area contributed by atoms with Crippen molar-refractivity contribution >= 4 is 5.91 Å². The Bertz CT molecular complexity index is 334. The number of nitrogens with zero attached hydrogens (tertiary/aromatic N) is 1. The molecule has 4 aliphatic carbocycles. The predicted octanol–water partition coefficient (Wildman–Crippen LogP) is 2.23. The first kappa shape index (κ1) is 11.1. The summed E-state index contributed by atoms with van der Waals surface area (Å²) < 4.78 is 0. The van der Waals surface area contributed by atoms with Gasteiger partial charge in [-0.1, -0.05) is 0 Å². The molecule has 0 aliphatic heterocycles. The van der Waals surface area contributed by atoms with Gasteiger partial charge in [0, 0.05) is 12.0 Å². The standard InChI is InChI=1S/C14H20N2O/c15-2-1-3-16-13(17)14-7-10-4-11(8-14)6-12(5-10)9-14/h10-12H,1,3-9H2,(H,16,17). The Morgan fingerprint density at radius 3 is 2.18 bits per heavy atom. The van der Waals surface area contributed by atoms with Crippen LogP contribution in [0.4, 0.5) is 0 Å². The molecule has 4 rings (SSSR count). The van der Waals surface area contributed by atoms with Gasteiger partial charge in [0.15, 0.2) is 0 Å². The number of hydrogen-bond acceptors (Lipinski definition) is 2. The van der Waals surface area contributed by atoms with Crippen molar-refractivity contribution in [3.63, 3.8) is 0 Å². The average Bonchev–Trinajstić information content (AvgIpc) is 2.27. The van der Waals surface area contributed by atoms with Gasteiger partial charge in [0.2, 0.25) is 5.91 Å². The second-order valence-electron chi connectivity index (χ2n) is 6.36. The number of rotatable bonds is 3. The molecule has 0 aromatic rings.